The minimum absolute atomic E-state index is 0.0435. The van der Waals surface area contributed by atoms with Crippen LogP contribution in [0.1, 0.15) is 12.0 Å². The summed E-state index contributed by atoms with van der Waals surface area (Å²) in [5.74, 6) is -2.69. The van der Waals surface area contributed by atoms with E-state index in [2.05, 4.69) is 10.2 Å². The van der Waals surface area contributed by atoms with E-state index in [0.717, 1.165) is 5.39 Å². The van der Waals surface area contributed by atoms with Crippen LogP contribution in [0.4, 0.5) is 8.78 Å². The van der Waals surface area contributed by atoms with Gasteiger partial charge in [-0.3, -0.25) is 5.10 Å². The lowest BCUT2D eigenvalue weighted by Crippen LogP contribution is -2.27. The van der Waals surface area contributed by atoms with Gasteiger partial charge < -0.3 is 5.73 Å². The Morgan fingerprint density at radius 2 is 2.19 bits per heavy atom. The number of aromatic nitrogens is 2. The van der Waals surface area contributed by atoms with E-state index < -0.39 is 11.3 Å². The largest absolute Gasteiger partial charge is 0.329 e. The monoisotopic (exact) mass is 223 g/mol. The number of H-pyrrole nitrogens is 1. The van der Waals surface area contributed by atoms with Crippen molar-refractivity contribution in [3.63, 3.8) is 0 Å². The standard InChI is InChI=1S/C11H11F2N3/c12-11(13)5-10(11,6-14)8-3-1-2-7-4-15-16-9(7)8/h1-4H,5-6,14H2,(H,15,16). The van der Waals surface area contributed by atoms with Crippen LogP contribution in [0, 0.1) is 0 Å². The van der Waals surface area contributed by atoms with Crippen LogP contribution < -0.4 is 5.73 Å². The molecule has 0 spiro atoms. The Labute approximate surface area is 90.6 Å². The van der Waals surface area contributed by atoms with E-state index in [9.17, 15) is 8.78 Å². The fraction of sp³-hybridized carbons (Fsp3) is 0.364. The molecule has 3 nitrogen and oxygen atoms in total. The molecular formula is C11H11F2N3. The maximum atomic E-state index is 13.5. The van der Waals surface area contributed by atoms with E-state index in [0.29, 0.717) is 11.1 Å². The highest BCUT2D eigenvalue weighted by molar-refractivity contribution is 5.83. The Morgan fingerprint density at radius 1 is 1.44 bits per heavy atom. The summed E-state index contributed by atoms with van der Waals surface area (Å²) < 4.78 is 26.9. The molecule has 16 heavy (non-hydrogen) atoms. The average Bonchev–Trinajstić information content (AvgIpc) is 2.65. The molecule has 1 saturated carbocycles. The number of halogens is 2. The number of nitrogens with one attached hydrogen (secondary N) is 1. The van der Waals surface area contributed by atoms with Crippen LogP contribution in [0.2, 0.25) is 0 Å². The number of alkyl halides is 2. The lowest BCUT2D eigenvalue weighted by atomic mass is 9.93. The molecular weight excluding hydrogens is 212 g/mol. The third kappa shape index (κ3) is 1.01. The average molecular weight is 223 g/mol. The molecule has 1 atom stereocenters. The number of fused-ring (bicyclic) bond motifs is 1. The summed E-state index contributed by atoms with van der Waals surface area (Å²) in [5.41, 5.74) is 5.58. The number of hydrogen-bond acceptors (Lipinski definition) is 2. The first-order chi connectivity index (χ1) is 7.61. The number of benzene rings is 1. The van der Waals surface area contributed by atoms with Crippen LogP contribution >= 0.6 is 0 Å². The summed E-state index contributed by atoms with van der Waals surface area (Å²) in [5, 5.41) is 7.48. The van der Waals surface area contributed by atoms with Gasteiger partial charge in [-0.15, -0.1) is 0 Å². The van der Waals surface area contributed by atoms with E-state index in [1.54, 1.807) is 18.3 Å². The topological polar surface area (TPSA) is 54.7 Å². The first kappa shape index (κ1) is 9.72. The Bertz CT molecular complexity index is 549. The highest BCUT2D eigenvalue weighted by Crippen LogP contribution is 2.61. The van der Waals surface area contributed by atoms with Crippen LogP contribution in [-0.2, 0) is 5.41 Å². The summed E-state index contributed by atoms with van der Waals surface area (Å²) in [6.45, 7) is -0.0435. The number of rotatable bonds is 2. The Hall–Kier alpha value is -1.49. The maximum Gasteiger partial charge on any atom is 0.260 e. The molecule has 0 aliphatic heterocycles. The van der Waals surface area contributed by atoms with Gasteiger partial charge >= 0.3 is 0 Å². The Kier molecular flexibility index (Phi) is 1.70. The SMILES string of the molecule is NCC1(c2cccc3cn[nH]c23)CC1(F)F. The minimum atomic E-state index is -2.69. The van der Waals surface area contributed by atoms with Gasteiger partial charge in [-0.2, -0.15) is 5.10 Å². The van der Waals surface area contributed by atoms with Gasteiger partial charge in [0, 0.05) is 18.4 Å². The van der Waals surface area contributed by atoms with E-state index in [1.165, 1.54) is 0 Å². The normalized spacial score (nSPS) is 27.2. The van der Waals surface area contributed by atoms with Crippen molar-refractivity contribution in [1.82, 2.24) is 10.2 Å². The molecule has 5 heteroatoms. The smallest absolute Gasteiger partial charge is 0.260 e. The molecule has 1 heterocycles. The molecule has 0 bridgehead atoms. The van der Waals surface area contributed by atoms with Crippen molar-refractivity contribution in [1.29, 1.82) is 0 Å². The molecule has 3 N–H and O–H groups in total. The maximum absolute atomic E-state index is 13.5. The third-order valence-electron chi connectivity index (χ3n) is 3.44. The molecule has 1 aromatic heterocycles. The summed E-state index contributed by atoms with van der Waals surface area (Å²) in [6.07, 6.45) is 1.46. The molecule has 1 unspecified atom stereocenters. The molecule has 1 aliphatic rings. The van der Waals surface area contributed by atoms with Gasteiger partial charge in [0.15, 0.2) is 0 Å². The zero-order valence-corrected chi connectivity index (χ0v) is 8.50. The van der Waals surface area contributed by atoms with Gasteiger partial charge in [0.25, 0.3) is 5.92 Å². The van der Waals surface area contributed by atoms with E-state index in [-0.39, 0.29) is 13.0 Å². The van der Waals surface area contributed by atoms with E-state index in [1.807, 2.05) is 6.07 Å². The van der Waals surface area contributed by atoms with Gasteiger partial charge in [0.05, 0.1) is 17.1 Å². The van der Waals surface area contributed by atoms with Gasteiger partial charge in [-0.25, -0.2) is 8.78 Å². The molecule has 0 amide bonds. The number of aromatic amines is 1. The predicted molar refractivity (Wildman–Crippen MR) is 56.4 cm³/mol. The first-order valence-electron chi connectivity index (χ1n) is 5.11. The van der Waals surface area contributed by atoms with Crippen molar-refractivity contribution in [2.24, 2.45) is 5.73 Å². The van der Waals surface area contributed by atoms with Gasteiger partial charge in [0.2, 0.25) is 0 Å². The zero-order valence-electron chi connectivity index (χ0n) is 8.50. The molecule has 1 aromatic carbocycles. The number of nitrogens with two attached hydrogens (primary N) is 1. The highest BCUT2D eigenvalue weighted by Gasteiger charge is 2.71. The predicted octanol–water partition coefficient (Wildman–Crippen LogP) is 1.80. The lowest BCUT2D eigenvalue weighted by Gasteiger charge is -2.14. The second-order valence-electron chi connectivity index (χ2n) is 4.31. The molecule has 0 saturated heterocycles. The van der Waals surface area contributed by atoms with Crippen LogP contribution in [0.3, 0.4) is 0 Å². The van der Waals surface area contributed by atoms with Crippen molar-refractivity contribution in [3.8, 4) is 0 Å². The Morgan fingerprint density at radius 3 is 2.81 bits per heavy atom. The first-order valence-corrected chi connectivity index (χ1v) is 5.11. The summed E-state index contributed by atoms with van der Waals surface area (Å²) in [6, 6.07) is 5.31. The van der Waals surface area contributed by atoms with Crippen LogP contribution in [-0.4, -0.2) is 22.7 Å². The minimum Gasteiger partial charge on any atom is -0.329 e. The van der Waals surface area contributed by atoms with Gasteiger partial charge in [-0.1, -0.05) is 18.2 Å². The second-order valence-corrected chi connectivity index (χ2v) is 4.31. The highest BCUT2D eigenvalue weighted by atomic mass is 19.3. The molecule has 84 valence electrons. The second kappa shape index (κ2) is 2.79. The summed E-state index contributed by atoms with van der Waals surface area (Å²) >= 11 is 0. The zero-order chi connectivity index (χ0) is 11.4. The van der Waals surface area contributed by atoms with Gasteiger partial charge in [-0.05, 0) is 5.56 Å². The number of para-hydroxylation sites is 1. The lowest BCUT2D eigenvalue weighted by molar-refractivity contribution is 0.0899. The molecule has 1 fully saturated rings. The fourth-order valence-electron chi connectivity index (χ4n) is 2.33. The summed E-state index contributed by atoms with van der Waals surface area (Å²) in [7, 11) is 0. The van der Waals surface area contributed by atoms with Gasteiger partial charge in [0.1, 0.15) is 0 Å². The van der Waals surface area contributed by atoms with Crippen molar-refractivity contribution in [2.45, 2.75) is 17.8 Å². The van der Waals surface area contributed by atoms with Crippen molar-refractivity contribution < 1.29 is 8.78 Å². The van der Waals surface area contributed by atoms with Crippen LogP contribution in [0.15, 0.2) is 24.4 Å². The van der Waals surface area contributed by atoms with Crippen molar-refractivity contribution in [2.75, 3.05) is 6.54 Å². The molecule has 2 aromatic rings. The number of hydrogen-bond donors (Lipinski definition) is 2. The third-order valence-corrected chi connectivity index (χ3v) is 3.44. The number of nitrogens with zero attached hydrogens (tertiary/aromatic N) is 1. The van der Waals surface area contributed by atoms with Crippen molar-refractivity contribution >= 4 is 10.9 Å². The van der Waals surface area contributed by atoms with Crippen molar-refractivity contribution in [3.05, 3.63) is 30.0 Å². The fourth-order valence-corrected chi connectivity index (χ4v) is 2.33. The van der Waals surface area contributed by atoms with E-state index in [4.69, 9.17) is 5.73 Å². The quantitative estimate of drug-likeness (QED) is 0.815. The molecule has 1 aliphatic carbocycles. The van der Waals surface area contributed by atoms with Crippen LogP contribution in [0.25, 0.3) is 10.9 Å². The van der Waals surface area contributed by atoms with Crippen LogP contribution in [0.5, 0.6) is 0 Å². The summed E-state index contributed by atoms with van der Waals surface area (Å²) in [4.78, 5) is 0. The molecule has 3 rings (SSSR count). The molecule has 0 radical (unpaired) electrons. The van der Waals surface area contributed by atoms with E-state index >= 15 is 0 Å². The Balaban J connectivity index is 2.23.